The van der Waals surface area contributed by atoms with Crippen LogP contribution in [0.25, 0.3) is 0 Å². The molecule has 8 heteroatoms. The summed E-state index contributed by atoms with van der Waals surface area (Å²) in [6.07, 6.45) is 1.63. The van der Waals surface area contributed by atoms with Gasteiger partial charge in [-0.3, -0.25) is 4.79 Å². The second-order valence-corrected chi connectivity index (χ2v) is 6.16. The Bertz CT molecular complexity index is 867. The van der Waals surface area contributed by atoms with E-state index in [4.69, 9.17) is 4.74 Å². The monoisotopic (exact) mass is 358 g/mol. The molecule has 0 saturated carbocycles. The Balaban J connectivity index is 1.53. The van der Waals surface area contributed by atoms with E-state index in [2.05, 4.69) is 15.5 Å². The molecule has 0 atom stereocenters. The molecule has 25 heavy (non-hydrogen) atoms. The number of ether oxygens (including phenoxy) is 1. The number of nitrogens with zero attached hydrogens (tertiary/aromatic N) is 3. The summed E-state index contributed by atoms with van der Waals surface area (Å²) in [5.41, 5.74) is 0.629. The van der Waals surface area contributed by atoms with Gasteiger partial charge in [-0.15, -0.1) is 10.2 Å². The molecule has 3 aromatic rings. The van der Waals surface area contributed by atoms with Gasteiger partial charge in [-0.2, -0.15) is 0 Å². The van der Waals surface area contributed by atoms with Crippen molar-refractivity contribution in [1.82, 2.24) is 14.8 Å². The zero-order valence-electron chi connectivity index (χ0n) is 13.3. The molecule has 2 aromatic carbocycles. The van der Waals surface area contributed by atoms with Crippen molar-refractivity contribution in [3.8, 4) is 5.75 Å². The number of hydrogen-bond acceptors (Lipinski definition) is 5. The third-order valence-corrected chi connectivity index (χ3v) is 4.27. The number of benzene rings is 2. The lowest BCUT2D eigenvalue weighted by molar-refractivity contribution is -0.118. The van der Waals surface area contributed by atoms with Crippen LogP contribution in [0.2, 0.25) is 0 Å². The number of para-hydroxylation sites is 1. The number of carbonyl (C=O) groups is 1. The zero-order valence-corrected chi connectivity index (χ0v) is 14.2. The van der Waals surface area contributed by atoms with Crippen LogP contribution in [-0.4, -0.2) is 27.3 Å². The van der Waals surface area contributed by atoms with Gasteiger partial charge in [-0.05, 0) is 48.2 Å². The van der Waals surface area contributed by atoms with Crippen LogP contribution in [0, 0.1) is 5.82 Å². The number of rotatable bonds is 6. The van der Waals surface area contributed by atoms with E-state index in [0.29, 0.717) is 5.69 Å². The molecule has 1 aromatic heterocycles. The fraction of sp³-hybridized carbons (Fsp3) is 0.118. The zero-order chi connectivity index (χ0) is 17.6. The number of halogens is 1. The standard InChI is InChI=1S/C17H15FN4O2S/c1-22-11-19-21-17(22)25-13-8-6-12(7-9-13)20-16(23)10-24-15-5-3-2-4-14(15)18/h2-9,11H,10H2,1H3,(H,20,23). The van der Waals surface area contributed by atoms with Crippen LogP contribution in [0.1, 0.15) is 0 Å². The van der Waals surface area contributed by atoms with Gasteiger partial charge in [0, 0.05) is 17.6 Å². The maximum atomic E-state index is 13.4. The Morgan fingerprint density at radius 3 is 2.68 bits per heavy atom. The highest BCUT2D eigenvalue weighted by Gasteiger charge is 2.08. The van der Waals surface area contributed by atoms with Gasteiger partial charge < -0.3 is 14.6 Å². The maximum absolute atomic E-state index is 13.4. The molecule has 0 fully saturated rings. The van der Waals surface area contributed by atoms with Crippen LogP contribution in [0.4, 0.5) is 10.1 Å². The van der Waals surface area contributed by atoms with Crippen LogP contribution in [0.5, 0.6) is 5.75 Å². The Hall–Kier alpha value is -2.87. The third kappa shape index (κ3) is 4.57. The summed E-state index contributed by atoms with van der Waals surface area (Å²) in [4.78, 5) is 12.9. The van der Waals surface area contributed by atoms with E-state index in [9.17, 15) is 9.18 Å². The minimum absolute atomic E-state index is 0.0491. The smallest absolute Gasteiger partial charge is 0.262 e. The van der Waals surface area contributed by atoms with Crippen molar-refractivity contribution >= 4 is 23.4 Å². The Morgan fingerprint density at radius 2 is 2.00 bits per heavy atom. The van der Waals surface area contributed by atoms with Crippen molar-refractivity contribution < 1.29 is 13.9 Å². The van der Waals surface area contributed by atoms with Crippen LogP contribution in [0.3, 0.4) is 0 Å². The highest BCUT2D eigenvalue weighted by molar-refractivity contribution is 7.99. The molecule has 0 radical (unpaired) electrons. The SMILES string of the molecule is Cn1cnnc1Sc1ccc(NC(=O)COc2ccccc2F)cc1. The lowest BCUT2D eigenvalue weighted by Crippen LogP contribution is -2.20. The second kappa shape index (κ2) is 7.80. The van der Waals surface area contributed by atoms with Crippen LogP contribution >= 0.6 is 11.8 Å². The highest BCUT2D eigenvalue weighted by atomic mass is 32.2. The number of carbonyl (C=O) groups excluding carboxylic acids is 1. The van der Waals surface area contributed by atoms with Gasteiger partial charge in [-0.25, -0.2) is 4.39 Å². The van der Waals surface area contributed by atoms with E-state index >= 15 is 0 Å². The molecule has 0 aliphatic rings. The molecular weight excluding hydrogens is 343 g/mol. The summed E-state index contributed by atoms with van der Waals surface area (Å²) in [7, 11) is 1.87. The van der Waals surface area contributed by atoms with Gasteiger partial charge >= 0.3 is 0 Å². The molecule has 0 saturated heterocycles. The van der Waals surface area contributed by atoms with E-state index in [1.807, 2.05) is 23.7 Å². The first-order chi connectivity index (χ1) is 12.1. The number of anilines is 1. The molecule has 1 N–H and O–H groups in total. The van der Waals surface area contributed by atoms with Crippen molar-refractivity contribution in [2.24, 2.45) is 7.05 Å². The van der Waals surface area contributed by atoms with Crippen LogP contribution in [0.15, 0.2) is 64.9 Å². The summed E-state index contributed by atoms with van der Waals surface area (Å²) in [6.45, 7) is -0.267. The largest absolute Gasteiger partial charge is 0.481 e. The van der Waals surface area contributed by atoms with Gasteiger partial charge in [0.15, 0.2) is 23.3 Å². The first-order valence-corrected chi connectivity index (χ1v) is 8.22. The van der Waals surface area contributed by atoms with Crippen LogP contribution in [-0.2, 0) is 11.8 Å². The average molecular weight is 358 g/mol. The van der Waals surface area contributed by atoms with Gasteiger partial charge in [0.25, 0.3) is 5.91 Å². The van der Waals surface area contributed by atoms with Crippen molar-refractivity contribution in [3.05, 3.63) is 60.7 Å². The number of hydrogen-bond donors (Lipinski definition) is 1. The predicted molar refractivity (Wildman–Crippen MR) is 92.1 cm³/mol. The van der Waals surface area contributed by atoms with Crippen molar-refractivity contribution in [1.29, 1.82) is 0 Å². The number of aryl methyl sites for hydroxylation is 1. The Morgan fingerprint density at radius 1 is 1.24 bits per heavy atom. The minimum Gasteiger partial charge on any atom is -0.481 e. The van der Waals surface area contributed by atoms with E-state index in [1.165, 1.54) is 23.9 Å². The number of aromatic nitrogens is 3. The second-order valence-electron chi connectivity index (χ2n) is 5.12. The molecule has 0 aliphatic carbocycles. The first-order valence-electron chi connectivity index (χ1n) is 7.41. The summed E-state index contributed by atoms with van der Waals surface area (Å²) in [5.74, 6) is -0.814. The summed E-state index contributed by atoms with van der Waals surface area (Å²) in [6, 6.07) is 13.2. The van der Waals surface area contributed by atoms with Crippen molar-refractivity contribution in [3.63, 3.8) is 0 Å². The highest BCUT2D eigenvalue weighted by Crippen LogP contribution is 2.26. The number of nitrogens with one attached hydrogen (secondary N) is 1. The average Bonchev–Trinajstić information content (AvgIpc) is 3.01. The molecule has 0 spiro atoms. The third-order valence-electron chi connectivity index (χ3n) is 3.21. The fourth-order valence-corrected chi connectivity index (χ4v) is 2.74. The Labute approximate surface area is 148 Å². The fourth-order valence-electron chi connectivity index (χ4n) is 1.98. The molecule has 1 heterocycles. The normalized spacial score (nSPS) is 10.5. The molecule has 0 unspecified atom stereocenters. The molecular formula is C17H15FN4O2S. The van der Waals surface area contributed by atoms with Gasteiger partial charge in [-0.1, -0.05) is 12.1 Å². The maximum Gasteiger partial charge on any atom is 0.262 e. The predicted octanol–water partition coefficient (Wildman–Crippen LogP) is 3.12. The lowest BCUT2D eigenvalue weighted by atomic mass is 10.3. The van der Waals surface area contributed by atoms with E-state index in [0.717, 1.165) is 10.1 Å². The minimum atomic E-state index is -0.500. The van der Waals surface area contributed by atoms with E-state index in [-0.39, 0.29) is 18.3 Å². The van der Waals surface area contributed by atoms with Gasteiger partial charge in [0.2, 0.25) is 0 Å². The van der Waals surface area contributed by atoms with E-state index < -0.39 is 5.82 Å². The molecule has 128 valence electrons. The molecule has 3 rings (SSSR count). The van der Waals surface area contributed by atoms with Crippen molar-refractivity contribution in [2.45, 2.75) is 10.1 Å². The quantitative estimate of drug-likeness (QED) is 0.733. The van der Waals surface area contributed by atoms with Gasteiger partial charge in [0.1, 0.15) is 6.33 Å². The topological polar surface area (TPSA) is 69.0 Å². The first kappa shape index (κ1) is 17.0. The molecule has 0 bridgehead atoms. The van der Waals surface area contributed by atoms with Crippen molar-refractivity contribution in [2.75, 3.05) is 11.9 Å². The molecule has 1 amide bonds. The van der Waals surface area contributed by atoms with E-state index in [1.54, 1.807) is 30.6 Å². The Kier molecular flexibility index (Phi) is 5.30. The van der Waals surface area contributed by atoms with Gasteiger partial charge in [0.05, 0.1) is 0 Å². The number of amides is 1. The van der Waals surface area contributed by atoms with Crippen LogP contribution < -0.4 is 10.1 Å². The summed E-state index contributed by atoms with van der Waals surface area (Å²) >= 11 is 1.47. The summed E-state index contributed by atoms with van der Waals surface area (Å²) < 4.78 is 20.4. The lowest BCUT2D eigenvalue weighted by Gasteiger charge is -2.08. The molecule has 0 aliphatic heterocycles. The summed E-state index contributed by atoms with van der Waals surface area (Å²) in [5, 5.41) is 11.3. The molecule has 6 nitrogen and oxygen atoms in total.